The van der Waals surface area contributed by atoms with E-state index >= 15 is 0 Å². The first-order chi connectivity index (χ1) is 18.2. The van der Waals surface area contributed by atoms with Gasteiger partial charge in [-0.05, 0) is 38.5 Å². The summed E-state index contributed by atoms with van der Waals surface area (Å²) >= 11 is 0. The third-order valence-corrected chi connectivity index (χ3v) is 7.16. The average molecular weight is 525 g/mol. The minimum absolute atomic E-state index is 0.345. The standard InChI is InChI=1S/C18H36O.C16H32O2/c1-2-3-4-5-6-7-8-9-10-11-12-13-14-15-16-17-18-19;1-2-3-4-5-6-7-8-9-10-11-12-13-14-15-16(17)18/h9-10,19H,2-8,11-18H2,1H3;2-15H2,1H3,(H,17,18)/b10-9-;. The highest BCUT2D eigenvalue weighted by Crippen LogP contribution is 2.13. The van der Waals surface area contributed by atoms with Gasteiger partial charge in [0, 0.05) is 13.0 Å². The van der Waals surface area contributed by atoms with Gasteiger partial charge in [-0.25, -0.2) is 0 Å². The van der Waals surface area contributed by atoms with E-state index in [1.54, 1.807) is 0 Å². The maximum Gasteiger partial charge on any atom is 0.303 e. The summed E-state index contributed by atoms with van der Waals surface area (Å²) in [4.78, 5) is 10.3. The van der Waals surface area contributed by atoms with Crippen LogP contribution in [0.2, 0.25) is 0 Å². The fourth-order valence-electron chi connectivity index (χ4n) is 4.65. The molecule has 0 fully saturated rings. The maximum atomic E-state index is 10.3. The van der Waals surface area contributed by atoms with Crippen LogP contribution in [0.15, 0.2) is 12.2 Å². The van der Waals surface area contributed by atoms with Gasteiger partial charge in [0.2, 0.25) is 0 Å². The molecule has 0 bridgehead atoms. The monoisotopic (exact) mass is 525 g/mol. The molecule has 0 aliphatic rings. The Morgan fingerprint density at radius 2 is 0.757 bits per heavy atom. The highest BCUT2D eigenvalue weighted by Gasteiger charge is 1.97. The van der Waals surface area contributed by atoms with Gasteiger partial charge in [-0.1, -0.05) is 161 Å². The van der Waals surface area contributed by atoms with Crippen LogP contribution in [0, 0.1) is 0 Å². The molecule has 37 heavy (non-hydrogen) atoms. The van der Waals surface area contributed by atoms with Gasteiger partial charge < -0.3 is 10.2 Å². The van der Waals surface area contributed by atoms with E-state index in [9.17, 15) is 4.79 Å². The Morgan fingerprint density at radius 1 is 0.459 bits per heavy atom. The molecule has 0 saturated heterocycles. The molecule has 3 nitrogen and oxygen atoms in total. The van der Waals surface area contributed by atoms with Gasteiger partial charge in [0.05, 0.1) is 0 Å². The molecule has 222 valence electrons. The second-order valence-electron chi connectivity index (χ2n) is 11.0. The van der Waals surface area contributed by atoms with Crippen LogP contribution in [0.25, 0.3) is 0 Å². The lowest BCUT2D eigenvalue weighted by Crippen LogP contribution is -1.93. The Bertz CT molecular complexity index is 433. The smallest absolute Gasteiger partial charge is 0.303 e. The maximum absolute atomic E-state index is 10.3. The molecule has 0 radical (unpaired) electrons. The molecule has 0 rings (SSSR count). The van der Waals surface area contributed by atoms with E-state index in [2.05, 4.69) is 26.0 Å². The lowest BCUT2D eigenvalue weighted by atomic mass is 10.0. The molecule has 0 aromatic rings. The number of aliphatic carboxylic acids is 1. The van der Waals surface area contributed by atoms with E-state index in [1.807, 2.05) is 0 Å². The zero-order valence-electron chi connectivity index (χ0n) is 25.5. The Hall–Kier alpha value is -0.830. The number of hydrogen-bond acceptors (Lipinski definition) is 2. The van der Waals surface area contributed by atoms with Crippen molar-refractivity contribution in [2.24, 2.45) is 0 Å². The largest absolute Gasteiger partial charge is 0.481 e. The van der Waals surface area contributed by atoms with Crippen LogP contribution in [0.3, 0.4) is 0 Å². The van der Waals surface area contributed by atoms with Crippen LogP contribution in [0.4, 0.5) is 0 Å². The van der Waals surface area contributed by atoms with E-state index in [0.29, 0.717) is 13.0 Å². The predicted octanol–water partition coefficient (Wildman–Crippen LogP) is 11.6. The number of allylic oxidation sites excluding steroid dienone is 2. The van der Waals surface area contributed by atoms with E-state index < -0.39 is 5.97 Å². The van der Waals surface area contributed by atoms with Gasteiger partial charge in [-0.15, -0.1) is 0 Å². The number of carboxylic acids is 1. The van der Waals surface area contributed by atoms with E-state index in [-0.39, 0.29) is 0 Å². The molecule has 0 atom stereocenters. The van der Waals surface area contributed by atoms with Gasteiger partial charge in [-0.2, -0.15) is 0 Å². The van der Waals surface area contributed by atoms with E-state index in [1.165, 1.54) is 154 Å². The number of aliphatic hydroxyl groups excluding tert-OH is 1. The number of unbranched alkanes of at least 4 members (excludes halogenated alkanes) is 24. The highest BCUT2D eigenvalue weighted by atomic mass is 16.4. The zero-order chi connectivity index (χ0) is 27.5. The first-order valence-corrected chi connectivity index (χ1v) is 16.7. The first-order valence-electron chi connectivity index (χ1n) is 16.7. The van der Waals surface area contributed by atoms with Crippen molar-refractivity contribution in [1.29, 1.82) is 0 Å². The van der Waals surface area contributed by atoms with Crippen LogP contribution in [0.1, 0.15) is 194 Å². The van der Waals surface area contributed by atoms with E-state index in [4.69, 9.17) is 10.2 Å². The summed E-state index contributed by atoms with van der Waals surface area (Å²) in [6, 6.07) is 0. The summed E-state index contributed by atoms with van der Waals surface area (Å²) in [5.74, 6) is -0.655. The third kappa shape index (κ3) is 42.5. The molecule has 0 aliphatic carbocycles. The van der Waals surface area contributed by atoms with Crippen LogP contribution >= 0.6 is 0 Å². The van der Waals surface area contributed by atoms with Crippen LogP contribution in [-0.2, 0) is 4.79 Å². The van der Waals surface area contributed by atoms with Crippen molar-refractivity contribution in [3.05, 3.63) is 12.2 Å². The fourth-order valence-corrected chi connectivity index (χ4v) is 4.65. The minimum atomic E-state index is -0.655. The minimum Gasteiger partial charge on any atom is -0.481 e. The molecule has 0 amide bonds. The molecule has 0 unspecified atom stereocenters. The van der Waals surface area contributed by atoms with Crippen LogP contribution < -0.4 is 0 Å². The lowest BCUT2D eigenvalue weighted by molar-refractivity contribution is -0.137. The molecule has 2 N–H and O–H groups in total. The summed E-state index contributed by atoms with van der Waals surface area (Å²) in [6.45, 7) is 4.90. The first kappa shape index (κ1) is 38.3. The normalized spacial score (nSPS) is 11.1. The lowest BCUT2D eigenvalue weighted by Gasteiger charge is -2.02. The topological polar surface area (TPSA) is 57.5 Å². The predicted molar refractivity (Wildman–Crippen MR) is 164 cm³/mol. The van der Waals surface area contributed by atoms with E-state index in [0.717, 1.165) is 19.3 Å². The Labute approximate surface area is 233 Å². The molecule has 0 aliphatic heterocycles. The highest BCUT2D eigenvalue weighted by molar-refractivity contribution is 5.66. The summed E-state index contributed by atoms with van der Waals surface area (Å²) < 4.78 is 0. The Kier molecular flexibility index (Phi) is 38.7. The summed E-state index contributed by atoms with van der Waals surface area (Å²) in [6.07, 6.45) is 40.5. The molecule has 0 spiro atoms. The number of carbonyl (C=O) groups is 1. The van der Waals surface area contributed by atoms with Crippen molar-refractivity contribution in [3.8, 4) is 0 Å². The fraction of sp³-hybridized carbons (Fsp3) is 0.912. The van der Waals surface area contributed by atoms with Crippen LogP contribution in [0.5, 0.6) is 0 Å². The Morgan fingerprint density at radius 3 is 1.08 bits per heavy atom. The van der Waals surface area contributed by atoms with Gasteiger partial charge in [0.15, 0.2) is 0 Å². The number of carboxylic acid groups (broad SMARTS) is 1. The second-order valence-corrected chi connectivity index (χ2v) is 11.0. The second kappa shape index (κ2) is 37.3. The van der Waals surface area contributed by atoms with Gasteiger partial charge >= 0.3 is 5.97 Å². The molecule has 0 saturated carbocycles. The van der Waals surface area contributed by atoms with Crippen molar-refractivity contribution in [2.75, 3.05) is 6.61 Å². The Balaban J connectivity index is 0. The zero-order valence-corrected chi connectivity index (χ0v) is 25.5. The van der Waals surface area contributed by atoms with Crippen LogP contribution in [-0.4, -0.2) is 22.8 Å². The SMILES string of the molecule is CCCCCCCC/C=C\CCCCCCCCO.CCCCCCCCCCCCCCCC(=O)O. The molecule has 0 aromatic heterocycles. The van der Waals surface area contributed by atoms with Crippen molar-refractivity contribution >= 4 is 5.97 Å². The number of rotatable bonds is 29. The van der Waals surface area contributed by atoms with Gasteiger partial charge in [0.25, 0.3) is 0 Å². The number of hydrogen-bond donors (Lipinski definition) is 2. The summed E-state index contributed by atoms with van der Waals surface area (Å²) in [5.41, 5.74) is 0. The summed E-state index contributed by atoms with van der Waals surface area (Å²) in [5, 5.41) is 17.2. The van der Waals surface area contributed by atoms with Crippen molar-refractivity contribution in [1.82, 2.24) is 0 Å². The van der Waals surface area contributed by atoms with Crippen molar-refractivity contribution in [3.63, 3.8) is 0 Å². The molecule has 0 heterocycles. The van der Waals surface area contributed by atoms with Gasteiger partial charge in [-0.3, -0.25) is 4.79 Å². The molecule has 3 heteroatoms. The van der Waals surface area contributed by atoms with Crippen molar-refractivity contribution < 1.29 is 15.0 Å². The van der Waals surface area contributed by atoms with Gasteiger partial charge in [0.1, 0.15) is 0 Å². The average Bonchev–Trinajstić information content (AvgIpc) is 2.89. The number of aliphatic hydroxyl groups is 1. The molecular formula is C34H68O3. The van der Waals surface area contributed by atoms with Crippen molar-refractivity contribution in [2.45, 2.75) is 194 Å². The molecule has 0 aromatic carbocycles. The quantitative estimate of drug-likeness (QED) is 0.0755. The third-order valence-electron chi connectivity index (χ3n) is 7.16. The summed E-state index contributed by atoms with van der Waals surface area (Å²) in [7, 11) is 0. The molecular weight excluding hydrogens is 456 g/mol.